The Morgan fingerprint density at radius 2 is 2.04 bits per heavy atom. The normalized spacial score (nSPS) is 10.3. The van der Waals surface area contributed by atoms with E-state index in [9.17, 15) is 4.79 Å². The number of nitrogens with one attached hydrogen (secondary N) is 2. The van der Waals surface area contributed by atoms with Crippen LogP contribution in [0.2, 0.25) is 0 Å². The molecule has 8 nitrogen and oxygen atoms in total. The van der Waals surface area contributed by atoms with E-state index in [-0.39, 0.29) is 5.69 Å². The quantitative estimate of drug-likeness (QED) is 0.711. The van der Waals surface area contributed by atoms with Crippen molar-refractivity contribution in [1.29, 1.82) is 0 Å². The standard InChI is InChI=1S/C17H17N5O3/c1-3-24-14-7-5-4-6-12(14)20-16-10-18-13(9-19-16)17(23)21-15-8-11(2)25-22-15/h4-10H,3H2,1-2H3,(H,19,20)(H,21,22,23). The number of para-hydroxylation sites is 2. The van der Waals surface area contributed by atoms with Crippen LogP contribution in [0.3, 0.4) is 0 Å². The molecular weight excluding hydrogens is 322 g/mol. The van der Waals surface area contributed by atoms with Crippen molar-refractivity contribution >= 4 is 23.2 Å². The van der Waals surface area contributed by atoms with Gasteiger partial charge in [-0.2, -0.15) is 0 Å². The van der Waals surface area contributed by atoms with Gasteiger partial charge in [-0.3, -0.25) is 4.79 Å². The summed E-state index contributed by atoms with van der Waals surface area (Å²) in [6.07, 6.45) is 2.86. The van der Waals surface area contributed by atoms with Crippen LogP contribution in [0, 0.1) is 6.92 Å². The summed E-state index contributed by atoms with van der Waals surface area (Å²) in [5.74, 6) is 1.74. The number of nitrogens with zero attached hydrogens (tertiary/aromatic N) is 3. The van der Waals surface area contributed by atoms with E-state index in [0.717, 1.165) is 11.4 Å². The Kier molecular flexibility index (Phi) is 4.89. The summed E-state index contributed by atoms with van der Waals surface area (Å²) in [5, 5.41) is 9.41. The van der Waals surface area contributed by atoms with Gasteiger partial charge in [0, 0.05) is 6.07 Å². The van der Waals surface area contributed by atoms with Gasteiger partial charge in [0.05, 0.1) is 24.7 Å². The topological polar surface area (TPSA) is 102 Å². The van der Waals surface area contributed by atoms with Gasteiger partial charge < -0.3 is 19.9 Å². The zero-order valence-corrected chi connectivity index (χ0v) is 13.8. The lowest BCUT2D eigenvalue weighted by molar-refractivity contribution is 0.102. The van der Waals surface area contributed by atoms with Gasteiger partial charge in [-0.25, -0.2) is 9.97 Å². The van der Waals surface area contributed by atoms with Gasteiger partial charge in [-0.15, -0.1) is 0 Å². The summed E-state index contributed by atoms with van der Waals surface area (Å²) in [4.78, 5) is 20.4. The minimum absolute atomic E-state index is 0.171. The Labute approximate surface area is 144 Å². The van der Waals surface area contributed by atoms with E-state index in [2.05, 4.69) is 25.8 Å². The SMILES string of the molecule is CCOc1ccccc1Nc1cnc(C(=O)Nc2cc(C)on2)cn1. The third-order valence-corrected chi connectivity index (χ3v) is 3.20. The average Bonchev–Trinajstić information content (AvgIpc) is 3.02. The highest BCUT2D eigenvalue weighted by molar-refractivity contribution is 6.02. The molecule has 128 valence electrons. The Morgan fingerprint density at radius 3 is 2.72 bits per heavy atom. The number of amides is 1. The Balaban J connectivity index is 1.69. The lowest BCUT2D eigenvalue weighted by Gasteiger charge is -2.11. The molecule has 1 amide bonds. The van der Waals surface area contributed by atoms with Crippen molar-refractivity contribution in [1.82, 2.24) is 15.1 Å². The summed E-state index contributed by atoms with van der Waals surface area (Å²) < 4.78 is 10.4. The Bertz CT molecular complexity index is 861. The fraction of sp³-hybridized carbons (Fsp3) is 0.176. The molecule has 0 fully saturated rings. The van der Waals surface area contributed by atoms with E-state index in [1.165, 1.54) is 12.4 Å². The van der Waals surface area contributed by atoms with Crippen LogP contribution in [-0.4, -0.2) is 27.6 Å². The number of hydrogen-bond acceptors (Lipinski definition) is 7. The number of anilines is 3. The van der Waals surface area contributed by atoms with E-state index < -0.39 is 5.91 Å². The van der Waals surface area contributed by atoms with Crippen LogP contribution in [0.4, 0.5) is 17.3 Å². The highest BCUT2D eigenvalue weighted by atomic mass is 16.5. The number of ether oxygens (including phenoxy) is 1. The lowest BCUT2D eigenvalue weighted by Crippen LogP contribution is -2.14. The van der Waals surface area contributed by atoms with Crippen LogP contribution in [0.15, 0.2) is 47.2 Å². The molecule has 0 bridgehead atoms. The lowest BCUT2D eigenvalue weighted by atomic mass is 10.3. The van der Waals surface area contributed by atoms with E-state index in [4.69, 9.17) is 9.26 Å². The summed E-state index contributed by atoms with van der Waals surface area (Å²) in [7, 11) is 0. The Hall–Kier alpha value is -3.42. The van der Waals surface area contributed by atoms with Gasteiger partial charge >= 0.3 is 0 Å². The van der Waals surface area contributed by atoms with Gasteiger partial charge in [0.15, 0.2) is 5.82 Å². The first kappa shape index (κ1) is 16.4. The number of benzene rings is 1. The van der Waals surface area contributed by atoms with E-state index in [1.807, 2.05) is 31.2 Å². The third-order valence-electron chi connectivity index (χ3n) is 3.20. The van der Waals surface area contributed by atoms with Crippen molar-refractivity contribution in [2.45, 2.75) is 13.8 Å². The largest absolute Gasteiger partial charge is 0.492 e. The van der Waals surface area contributed by atoms with Crippen molar-refractivity contribution in [2.75, 3.05) is 17.2 Å². The van der Waals surface area contributed by atoms with Crippen LogP contribution < -0.4 is 15.4 Å². The molecule has 0 saturated heterocycles. The average molecular weight is 339 g/mol. The first-order valence-corrected chi connectivity index (χ1v) is 7.71. The van der Waals surface area contributed by atoms with Gasteiger partial charge in [0.1, 0.15) is 23.0 Å². The molecule has 0 unspecified atom stereocenters. The van der Waals surface area contributed by atoms with E-state index >= 15 is 0 Å². The highest BCUT2D eigenvalue weighted by Crippen LogP contribution is 2.26. The number of rotatable bonds is 6. The van der Waals surface area contributed by atoms with Crippen LogP contribution in [0.5, 0.6) is 5.75 Å². The van der Waals surface area contributed by atoms with Crippen molar-refractivity contribution in [3.63, 3.8) is 0 Å². The molecule has 2 aromatic heterocycles. The monoisotopic (exact) mass is 339 g/mol. The minimum Gasteiger partial charge on any atom is -0.492 e. The van der Waals surface area contributed by atoms with Crippen molar-refractivity contribution in [3.05, 3.63) is 54.2 Å². The van der Waals surface area contributed by atoms with Gasteiger partial charge in [-0.05, 0) is 26.0 Å². The summed E-state index contributed by atoms with van der Waals surface area (Å²) in [6, 6.07) is 9.13. The first-order chi connectivity index (χ1) is 12.2. The maximum atomic E-state index is 12.1. The second-order valence-electron chi connectivity index (χ2n) is 5.12. The first-order valence-electron chi connectivity index (χ1n) is 7.71. The number of carbonyl (C=O) groups is 1. The molecule has 3 aromatic rings. The van der Waals surface area contributed by atoms with Crippen LogP contribution in [0.25, 0.3) is 0 Å². The summed E-state index contributed by atoms with van der Waals surface area (Å²) >= 11 is 0. The number of hydrogen-bond donors (Lipinski definition) is 2. The molecule has 0 radical (unpaired) electrons. The smallest absolute Gasteiger partial charge is 0.277 e. The van der Waals surface area contributed by atoms with Crippen LogP contribution in [0.1, 0.15) is 23.2 Å². The molecule has 1 aromatic carbocycles. The van der Waals surface area contributed by atoms with Gasteiger partial charge in [-0.1, -0.05) is 17.3 Å². The van der Waals surface area contributed by atoms with Crippen molar-refractivity contribution in [3.8, 4) is 5.75 Å². The molecule has 25 heavy (non-hydrogen) atoms. The summed E-state index contributed by atoms with van der Waals surface area (Å²) in [6.45, 7) is 4.22. The molecule has 8 heteroatoms. The second-order valence-corrected chi connectivity index (χ2v) is 5.12. The van der Waals surface area contributed by atoms with Crippen molar-refractivity contribution in [2.24, 2.45) is 0 Å². The highest BCUT2D eigenvalue weighted by Gasteiger charge is 2.11. The zero-order chi connectivity index (χ0) is 17.6. The maximum Gasteiger partial charge on any atom is 0.277 e. The van der Waals surface area contributed by atoms with E-state index in [0.29, 0.717) is 24.0 Å². The second kappa shape index (κ2) is 7.43. The number of carbonyl (C=O) groups excluding carboxylic acids is 1. The van der Waals surface area contributed by atoms with Gasteiger partial charge in [0.2, 0.25) is 0 Å². The van der Waals surface area contributed by atoms with Crippen LogP contribution >= 0.6 is 0 Å². The Morgan fingerprint density at radius 1 is 1.20 bits per heavy atom. The summed E-state index contributed by atoms with van der Waals surface area (Å²) in [5.41, 5.74) is 0.943. The molecule has 0 spiro atoms. The molecule has 0 aliphatic carbocycles. The maximum absolute atomic E-state index is 12.1. The molecular formula is C17H17N5O3. The fourth-order valence-corrected chi connectivity index (χ4v) is 2.10. The molecule has 2 N–H and O–H groups in total. The molecule has 0 atom stereocenters. The molecule has 0 saturated carbocycles. The number of aromatic nitrogens is 3. The molecule has 2 heterocycles. The van der Waals surface area contributed by atoms with Crippen molar-refractivity contribution < 1.29 is 14.1 Å². The molecule has 3 rings (SSSR count). The van der Waals surface area contributed by atoms with Crippen LogP contribution in [-0.2, 0) is 0 Å². The van der Waals surface area contributed by atoms with Gasteiger partial charge in [0.25, 0.3) is 5.91 Å². The predicted molar refractivity (Wildman–Crippen MR) is 92.1 cm³/mol. The zero-order valence-electron chi connectivity index (χ0n) is 13.8. The number of aryl methyl sites for hydroxylation is 1. The van der Waals surface area contributed by atoms with E-state index in [1.54, 1.807) is 13.0 Å². The molecule has 0 aliphatic rings. The minimum atomic E-state index is -0.415. The predicted octanol–water partition coefficient (Wildman–Crippen LogP) is 3.17. The fourth-order valence-electron chi connectivity index (χ4n) is 2.10. The molecule has 0 aliphatic heterocycles. The third kappa shape index (κ3) is 4.11.